The number of aromatic amines is 1. The molecule has 0 unspecified atom stereocenters. The summed E-state index contributed by atoms with van der Waals surface area (Å²) in [5.74, 6) is -1.29. The fraction of sp³-hybridized carbons (Fsp3) is 0.571. The zero-order valence-corrected chi connectivity index (χ0v) is 12.7. The molecule has 0 aliphatic carbocycles. The Morgan fingerprint density at radius 2 is 1.95 bits per heavy atom. The normalized spacial score (nSPS) is 11.2. The molecular formula is C14H23N3O3. The van der Waals surface area contributed by atoms with Crippen LogP contribution < -0.4 is 5.32 Å². The average molecular weight is 281 g/mol. The highest BCUT2D eigenvalue weighted by Crippen LogP contribution is 2.17. The van der Waals surface area contributed by atoms with Gasteiger partial charge in [-0.1, -0.05) is 0 Å². The first-order valence-electron chi connectivity index (χ1n) is 6.66. The number of amides is 1. The standard InChI is InChI=1S/C14H23N3O3/c1-8(2)17(5)7-6-15-13(18)11-9(3)12(14(19)20)16-10(11)4/h8,16H,6-7H2,1-5H3,(H,15,18)(H,19,20). The zero-order valence-electron chi connectivity index (χ0n) is 12.7. The van der Waals surface area contributed by atoms with Gasteiger partial charge in [0.25, 0.3) is 5.91 Å². The molecule has 0 spiro atoms. The first kappa shape index (κ1) is 16.2. The summed E-state index contributed by atoms with van der Waals surface area (Å²) in [5.41, 5.74) is 1.56. The lowest BCUT2D eigenvalue weighted by Gasteiger charge is -2.20. The number of carboxylic acids is 1. The highest BCUT2D eigenvalue weighted by atomic mass is 16.4. The van der Waals surface area contributed by atoms with Crippen LogP contribution in [0.15, 0.2) is 0 Å². The highest BCUT2D eigenvalue weighted by Gasteiger charge is 2.21. The lowest BCUT2D eigenvalue weighted by molar-refractivity contribution is 0.0690. The summed E-state index contributed by atoms with van der Waals surface area (Å²) in [6.45, 7) is 8.79. The number of aromatic nitrogens is 1. The van der Waals surface area contributed by atoms with Crippen molar-refractivity contribution in [1.82, 2.24) is 15.2 Å². The number of rotatable bonds is 6. The minimum absolute atomic E-state index is 0.0759. The van der Waals surface area contributed by atoms with Crippen molar-refractivity contribution in [3.05, 3.63) is 22.5 Å². The molecule has 0 radical (unpaired) electrons. The number of carbonyl (C=O) groups is 2. The van der Waals surface area contributed by atoms with Gasteiger partial charge in [0.2, 0.25) is 0 Å². The van der Waals surface area contributed by atoms with E-state index in [2.05, 4.69) is 29.0 Å². The van der Waals surface area contributed by atoms with Gasteiger partial charge in [-0.2, -0.15) is 0 Å². The maximum atomic E-state index is 12.1. The van der Waals surface area contributed by atoms with Crippen molar-refractivity contribution in [3.8, 4) is 0 Å². The summed E-state index contributed by atoms with van der Waals surface area (Å²) in [5, 5.41) is 11.9. The molecule has 0 atom stereocenters. The quantitative estimate of drug-likeness (QED) is 0.735. The van der Waals surface area contributed by atoms with Gasteiger partial charge < -0.3 is 20.3 Å². The summed E-state index contributed by atoms with van der Waals surface area (Å²) < 4.78 is 0. The second-order valence-corrected chi connectivity index (χ2v) is 5.26. The fourth-order valence-electron chi connectivity index (χ4n) is 2.00. The minimum atomic E-state index is -1.05. The molecule has 3 N–H and O–H groups in total. The number of nitrogens with zero attached hydrogens (tertiary/aromatic N) is 1. The van der Waals surface area contributed by atoms with E-state index in [1.54, 1.807) is 13.8 Å². The summed E-state index contributed by atoms with van der Waals surface area (Å²) in [4.78, 5) is 28.0. The molecular weight excluding hydrogens is 258 g/mol. The smallest absolute Gasteiger partial charge is 0.352 e. The van der Waals surface area contributed by atoms with Gasteiger partial charge in [0.15, 0.2) is 0 Å². The van der Waals surface area contributed by atoms with Crippen LogP contribution in [0.25, 0.3) is 0 Å². The lowest BCUT2D eigenvalue weighted by atomic mass is 10.1. The Balaban J connectivity index is 2.71. The predicted molar refractivity (Wildman–Crippen MR) is 77.3 cm³/mol. The van der Waals surface area contributed by atoms with E-state index in [0.717, 1.165) is 6.54 Å². The number of nitrogens with one attached hydrogen (secondary N) is 2. The van der Waals surface area contributed by atoms with Gasteiger partial charge in [0, 0.05) is 24.8 Å². The van der Waals surface area contributed by atoms with E-state index in [0.29, 0.717) is 29.4 Å². The Morgan fingerprint density at radius 1 is 1.35 bits per heavy atom. The first-order valence-corrected chi connectivity index (χ1v) is 6.66. The largest absolute Gasteiger partial charge is 0.477 e. The monoisotopic (exact) mass is 281 g/mol. The van der Waals surface area contributed by atoms with Gasteiger partial charge in [-0.15, -0.1) is 0 Å². The van der Waals surface area contributed by atoms with Crippen LogP contribution in [0, 0.1) is 13.8 Å². The van der Waals surface area contributed by atoms with Gasteiger partial charge in [-0.3, -0.25) is 4.79 Å². The molecule has 0 aromatic carbocycles. The van der Waals surface area contributed by atoms with Crippen molar-refractivity contribution in [2.45, 2.75) is 33.7 Å². The van der Waals surface area contributed by atoms with E-state index in [4.69, 9.17) is 5.11 Å². The average Bonchev–Trinajstić information content (AvgIpc) is 2.64. The van der Waals surface area contributed by atoms with Crippen molar-refractivity contribution in [2.24, 2.45) is 0 Å². The molecule has 1 amide bonds. The number of hydrogen-bond acceptors (Lipinski definition) is 3. The molecule has 6 nitrogen and oxygen atoms in total. The van der Waals surface area contributed by atoms with Crippen LogP contribution in [-0.2, 0) is 0 Å². The van der Waals surface area contributed by atoms with Crippen LogP contribution in [0.4, 0.5) is 0 Å². The van der Waals surface area contributed by atoms with Crippen molar-refractivity contribution < 1.29 is 14.7 Å². The maximum Gasteiger partial charge on any atom is 0.352 e. The summed E-state index contributed by atoms with van der Waals surface area (Å²) in [6.07, 6.45) is 0. The van der Waals surface area contributed by atoms with Crippen molar-refractivity contribution in [1.29, 1.82) is 0 Å². The van der Waals surface area contributed by atoms with Gasteiger partial charge in [0.1, 0.15) is 5.69 Å². The number of likely N-dealkylation sites (N-methyl/N-ethyl adjacent to an activating group) is 1. The molecule has 0 aliphatic rings. The number of hydrogen-bond donors (Lipinski definition) is 3. The topological polar surface area (TPSA) is 85.4 Å². The Kier molecular flexibility index (Phi) is 5.33. The molecule has 0 bridgehead atoms. The molecule has 20 heavy (non-hydrogen) atoms. The van der Waals surface area contributed by atoms with Crippen LogP contribution in [0.5, 0.6) is 0 Å². The van der Waals surface area contributed by atoms with Gasteiger partial charge in [0.05, 0.1) is 5.56 Å². The molecule has 1 heterocycles. The molecule has 1 aromatic heterocycles. The van der Waals surface area contributed by atoms with Crippen LogP contribution in [0.2, 0.25) is 0 Å². The molecule has 112 valence electrons. The van der Waals surface area contributed by atoms with Gasteiger partial charge in [-0.25, -0.2) is 4.79 Å². The van der Waals surface area contributed by atoms with E-state index >= 15 is 0 Å². The fourth-order valence-corrected chi connectivity index (χ4v) is 2.00. The van der Waals surface area contributed by atoms with E-state index in [1.807, 2.05) is 7.05 Å². The number of aromatic carboxylic acids is 1. The van der Waals surface area contributed by atoms with Crippen LogP contribution in [0.3, 0.4) is 0 Å². The summed E-state index contributed by atoms with van der Waals surface area (Å²) in [7, 11) is 1.99. The number of carboxylic acid groups (broad SMARTS) is 1. The molecule has 0 saturated carbocycles. The molecule has 1 aromatic rings. The van der Waals surface area contributed by atoms with E-state index in [1.165, 1.54) is 0 Å². The van der Waals surface area contributed by atoms with E-state index < -0.39 is 5.97 Å². The third-order valence-corrected chi connectivity index (χ3v) is 3.51. The van der Waals surface area contributed by atoms with Crippen molar-refractivity contribution in [2.75, 3.05) is 20.1 Å². The Hall–Kier alpha value is -1.82. The maximum absolute atomic E-state index is 12.1. The summed E-state index contributed by atoms with van der Waals surface area (Å²) >= 11 is 0. The number of aryl methyl sites for hydroxylation is 1. The third kappa shape index (κ3) is 3.60. The molecule has 6 heteroatoms. The second-order valence-electron chi connectivity index (χ2n) is 5.26. The van der Waals surface area contributed by atoms with E-state index in [9.17, 15) is 9.59 Å². The van der Waals surface area contributed by atoms with Gasteiger partial charge >= 0.3 is 5.97 Å². The van der Waals surface area contributed by atoms with Crippen LogP contribution in [-0.4, -0.2) is 53.0 Å². The predicted octanol–water partition coefficient (Wildman–Crippen LogP) is 1.40. The SMILES string of the molecule is Cc1[nH]c(C(=O)O)c(C)c1C(=O)NCCN(C)C(C)C. The van der Waals surface area contributed by atoms with Crippen LogP contribution in [0.1, 0.15) is 46.0 Å². The minimum Gasteiger partial charge on any atom is -0.477 e. The van der Waals surface area contributed by atoms with E-state index in [-0.39, 0.29) is 11.6 Å². The lowest BCUT2D eigenvalue weighted by Crippen LogP contribution is -2.36. The van der Waals surface area contributed by atoms with Crippen molar-refractivity contribution in [3.63, 3.8) is 0 Å². The summed E-state index contributed by atoms with van der Waals surface area (Å²) in [6, 6.07) is 0.418. The zero-order chi connectivity index (χ0) is 15.4. The van der Waals surface area contributed by atoms with Crippen molar-refractivity contribution >= 4 is 11.9 Å². The molecule has 1 rings (SSSR count). The third-order valence-electron chi connectivity index (χ3n) is 3.51. The second kappa shape index (κ2) is 6.56. The molecule has 0 aliphatic heterocycles. The number of carbonyl (C=O) groups excluding carboxylic acids is 1. The highest BCUT2D eigenvalue weighted by molar-refractivity contribution is 6.00. The molecule has 0 saturated heterocycles. The first-order chi connectivity index (χ1) is 9.25. The van der Waals surface area contributed by atoms with Gasteiger partial charge in [-0.05, 0) is 40.3 Å². The Bertz CT molecular complexity index is 506. The Labute approximate surface area is 119 Å². The molecule has 0 fully saturated rings. The number of H-pyrrole nitrogens is 1. The van der Waals surface area contributed by atoms with Crippen LogP contribution >= 0.6 is 0 Å². The Morgan fingerprint density at radius 3 is 2.40 bits per heavy atom.